The van der Waals surface area contributed by atoms with Gasteiger partial charge in [-0.3, -0.25) is 9.69 Å². The first-order valence-corrected chi connectivity index (χ1v) is 12.2. The number of carbonyl (C=O) groups is 1. The number of pyridine rings is 1. The summed E-state index contributed by atoms with van der Waals surface area (Å²) < 4.78 is 46.8. The van der Waals surface area contributed by atoms with Crippen LogP contribution in [0.15, 0.2) is 54.9 Å². The third kappa shape index (κ3) is 5.60. The molecule has 0 spiro atoms. The van der Waals surface area contributed by atoms with Gasteiger partial charge in [0.2, 0.25) is 0 Å². The highest BCUT2D eigenvalue weighted by molar-refractivity contribution is 5.94. The SMILES string of the molecule is Nc1ncc(-c2ccc3ncc(-c4ccc(C(=O)NCCCN5CCOCC5)cc4)n3n2)cc1C(F)(F)F. The molecule has 1 aliphatic heterocycles. The summed E-state index contributed by atoms with van der Waals surface area (Å²) in [5.41, 5.74) is 7.28. The molecule has 0 bridgehead atoms. The Morgan fingerprint density at radius 3 is 2.53 bits per heavy atom. The molecule has 4 aromatic rings. The lowest BCUT2D eigenvalue weighted by molar-refractivity contribution is -0.137. The van der Waals surface area contributed by atoms with Gasteiger partial charge >= 0.3 is 6.18 Å². The second-order valence-electron chi connectivity index (χ2n) is 8.93. The fourth-order valence-electron chi connectivity index (χ4n) is 4.29. The molecule has 0 aliphatic carbocycles. The molecule has 9 nitrogen and oxygen atoms in total. The number of morpholine rings is 1. The summed E-state index contributed by atoms with van der Waals surface area (Å²) in [5.74, 6) is -0.750. The number of nitrogens with two attached hydrogens (primary N) is 1. The summed E-state index contributed by atoms with van der Waals surface area (Å²) in [6.45, 7) is 4.82. The molecule has 1 amide bonds. The average molecular weight is 526 g/mol. The Hall–Kier alpha value is -4.03. The van der Waals surface area contributed by atoms with Crippen molar-refractivity contribution in [1.29, 1.82) is 0 Å². The first-order valence-electron chi connectivity index (χ1n) is 12.2. The third-order valence-electron chi connectivity index (χ3n) is 6.37. The maximum atomic E-state index is 13.3. The molecule has 3 N–H and O–H groups in total. The highest BCUT2D eigenvalue weighted by Crippen LogP contribution is 2.35. The summed E-state index contributed by atoms with van der Waals surface area (Å²) in [7, 11) is 0. The molecular weight excluding hydrogens is 499 g/mol. The number of ether oxygens (including phenoxy) is 1. The van der Waals surface area contributed by atoms with Crippen LogP contribution < -0.4 is 11.1 Å². The van der Waals surface area contributed by atoms with E-state index < -0.39 is 17.6 Å². The van der Waals surface area contributed by atoms with Crippen molar-refractivity contribution in [3.8, 4) is 22.5 Å². The van der Waals surface area contributed by atoms with Crippen LogP contribution in [0.25, 0.3) is 28.2 Å². The van der Waals surface area contributed by atoms with Crippen LogP contribution in [0.1, 0.15) is 22.3 Å². The van der Waals surface area contributed by atoms with Crippen molar-refractivity contribution in [1.82, 2.24) is 29.8 Å². The number of halogens is 3. The minimum absolute atomic E-state index is 0.159. The van der Waals surface area contributed by atoms with Gasteiger partial charge in [0.15, 0.2) is 5.65 Å². The first-order chi connectivity index (χ1) is 18.3. The summed E-state index contributed by atoms with van der Waals surface area (Å²) in [6.07, 6.45) is -0.902. The van der Waals surface area contributed by atoms with Crippen molar-refractivity contribution >= 4 is 17.4 Å². The largest absolute Gasteiger partial charge is 0.419 e. The van der Waals surface area contributed by atoms with Crippen molar-refractivity contribution in [2.45, 2.75) is 12.6 Å². The van der Waals surface area contributed by atoms with Crippen LogP contribution in [0.2, 0.25) is 0 Å². The normalized spacial score (nSPS) is 14.6. The Balaban J connectivity index is 1.29. The molecule has 0 unspecified atom stereocenters. The number of nitrogens with zero attached hydrogens (tertiary/aromatic N) is 5. The predicted molar refractivity (Wildman–Crippen MR) is 135 cm³/mol. The van der Waals surface area contributed by atoms with E-state index in [0.717, 1.165) is 50.9 Å². The molecule has 1 saturated heterocycles. The van der Waals surface area contributed by atoms with Gasteiger partial charge in [-0.05, 0) is 43.3 Å². The Bertz CT molecular complexity index is 1430. The van der Waals surface area contributed by atoms with E-state index in [4.69, 9.17) is 10.5 Å². The van der Waals surface area contributed by atoms with Crippen molar-refractivity contribution in [3.63, 3.8) is 0 Å². The second-order valence-corrected chi connectivity index (χ2v) is 8.93. The molecule has 1 fully saturated rings. The van der Waals surface area contributed by atoms with Crippen molar-refractivity contribution in [3.05, 3.63) is 66.0 Å². The summed E-state index contributed by atoms with van der Waals surface area (Å²) >= 11 is 0. The van der Waals surface area contributed by atoms with E-state index in [-0.39, 0.29) is 17.2 Å². The Morgan fingerprint density at radius 2 is 1.79 bits per heavy atom. The maximum absolute atomic E-state index is 13.3. The molecule has 5 rings (SSSR count). The monoisotopic (exact) mass is 525 g/mol. The number of alkyl halides is 3. The summed E-state index contributed by atoms with van der Waals surface area (Å²) in [5, 5.41) is 7.44. The zero-order valence-corrected chi connectivity index (χ0v) is 20.4. The van der Waals surface area contributed by atoms with Crippen molar-refractivity contribution < 1.29 is 22.7 Å². The first kappa shape index (κ1) is 25.6. The number of rotatable bonds is 7. The molecule has 4 heterocycles. The molecular formula is C26H26F3N7O2. The zero-order valence-electron chi connectivity index (χ0n) is 20.4. The van der Waals surface area contributed by atoms with E-state index in [1.54, 1.807) is 47.1 Å². The van der Waals surface area contributed by atoms with Crippen LogP contribution in [0.3, 0.4) is 0 Å². The molecule has 198 valence electrons. The smallest absolute Gasteiger partial charge is 0.383 e. The number of benzene rings is 1. The molecule has 0 radical (unpaired) electrons. The summed E-state index contributed by atoms with van der Waals surface area (Å²) in [6, 6.07) is 11.2. The lowest BCUT2D eigenvalue weighted by Gasteiger charge is -2.26. The standard InChI is InChI=1S/C26H26F3N7O2/c27-26(28,29)20-14-19(15-33-24(20)30)21-6-7-23-32-16-22(36(23)34-21)17-2-4-18(5-3-17)25(37)31-8-1-9-35-10-12-38-13-11-35/h2-7,14-16H,1,8-13H2,(H2,30,33)(H,31,37). The van der Waals surface area contributed by atoms with Gasteiger partial charge in [-0.1, -0.05) is 12.1 Å². The molecule has 38 heavy (non-hydrogen) atoms. The second kappa shape index (κ2) is 10.8. The van der Waals surface area contributed by atoms with Crippen LogP contribution in [0.4, 0.5) is 19.0 Å². The average Bonchev–Trinajstić information content (AvgIpc) is 3.34. The molecule has 1 aromatic carbocycles. The summed E-state index contributed by atoms with van der Waals surface area (Å²) in [4.78, 5) is 22.9. The van der Waals surface area contributed by atoms with E-state index in [1.807, 2.05) is 0 Å². The Morgan fingerprint density at radius 1 is 1.03 bits per heavy atom. The van der Waals surface area contributed by atoms with Crippen molar-refractivity contribution in [2.24, 2.45) is 0 Å². The van der Waals surface area contributed by atoms with Gasteiger partial charge in [0.05, 0.1) is 36.4 Å². The van der Waals surface area contributed by atoms with Crippen LogP contribution >= 0.6 is 0 Å². The van der Waals surface area contributed by atoms with Crippen LogP contribution in [0, 0.1) is 0 Å². The molecule has 12 heteroatoms. The van der Waals surface area contributed by atoms with Gasteiger partial charge in [-0.15, -0.1) is 0 Å². The van der Waals surface area contributed by atoms with Gasteiger partial charge in [-0.2, -0.15) is 18.3 Å². The molecule has 0 atom stereocenters. The lowest BCUT2D eigenvalue weighted by Crippen LogP contribution is -2.38. The highest BCUT2D eigenvalue weighted by atomic mass is 19.4. The topological polar surface area (TPSA) is 111 Å². The molecule has 1 aliphatic rings. The highest BCUT2D eigenvalue weighted by Gasteiger charge is 2.34. The predicted octanol–water partition coefficient (Wildman–Crippen LogP) is 3.51. The number of anilines is 1. The minimum Gasteiger partial charge on any atom is -0.383 e. The molecule has 3 aromatic heterocycles. The number of fused-ring (bicyclic) bond motifs is 1. The van der Waals surface area contributed by atoms with E-state index in [9.17, 15) is 18.0 Å². The van der Waals surface area contributed by atoms with Gasteiger partial charge in [-0.25, -0.2) is 14.5 Å². The van der Waals surface area contributed by atoms with Crippen LogP contribution in [-0.4, -0.2) is 69.8 Å². The number of hydrogen-bond acceptors (Lipinski definition) is 7. The Kier molecular flexibility index (Phi) is 7.25. The lowest BCUT2D eigenvalue weighted by atomic mass is 10.1. The van der Waals surface area contributed by atoms with Crippen molar-refractivity contribution in [2.75, 3.05) is 45.1 Å². The number of amides is 1. The number of carbonyl (C=O) groups excluding carboxylic acids is 1. The van der Waals surface area contributed by atoms with Gasteiger partial charge in [0.25, 0.3) is 5.91 Å². The van der Waals surface area contributed by atoms with E-state index in [2.05, 4.69) is 25.3 Å². The number of imidazole rings is 1. The Labute approximate surface area is 216 Å². The van der Waals surface area contributed by atoms with Gasteiger partial charge < -0.3 is 15.8 Å². The van der Waals surface area contributed by atoms with E-state index in [1.165, 1.54) is 6.20 Å². The van der Waals surface area contributed by atoms with Crippen LogP contribution in [0.5, 0.6) is 0 Å². The van der Waals surface area contributed by atoms with Crippen LogP contribution in [-0.2, 0) is 10.9 Å². The van der Waals surface area contributed by atoms with E-state index >= 15 is 0 Å². The minimum atomic E-state index is -4.63. The number of aromatic nitrogens is 4. The number of nitrogen functional groups attached to an aromatic ring is 1. The molecule has 0 saturated carbocycles. The fourth-order valence-corrected chi connectivity index (χ4v) is 4.29. The number of nitrogens with one attached hydrogen (secondary N) is 1. The number of hydrogen-bond donors (Lipinski definition) is 2. The third-order valence-corrected chi connectivity index (χ3v) is 6.37. The quantitative estimate of drug-likeness (QED) is 0.355. The zero-order chi connectivity index (χ0) is 26.7. The van der Waals surface area contributed by atoms with Gasteiger partial charge in [0, 0.05) is 42.5 Å². The maximum Gasteiger partial charge on any atom is 0.419 e. The van der Waals surface area contributed by atoms with E-state index in [0.29, 0.717) is 23.4 Å². The fraction of sp³-hybridized carbons (Fsp3) is 0.308. The van der Waals surface area contributed by atoms with Gasteiger partial charge in [0.1, 0.15) is 5.82 Å².